The molecule has 2 aliphatic rings. The van der Waals surface area contributed by atoms with Gasteiger partial charge in [0.25, 0.3) is 0 Å². The number of hydrogen-bond acceptors (Lipinski definition) is 8. The van der Waals surface area contributed by atoms with Gasteiger partial charge < -0.3 is 9.64 Å². The summed E-state index contributed by atoms with van der Waals surface area (Å²) in [6, 6.07) is 5.59. The van der Waals surface area contributed by atoms with Crippen molar-refractivity contribution in [2.45, 2.75) is 50.8 Å². The maximum absolute atomic E-state index is 13.3. The summed E-state index contributed by atoms with van der Waals surface area (Å²) in [6.45, 7) is 6.83. The van der Waals surface area contributed by atoms with Gasteiger partial charge in [-0.25, -0.2) is 9.78 Å². The second-order valence-corrected chi connectivity index (χ2v) is 11.7. The standard InChI is InChI=1S/C27H35N7O3S/c1-27(2,38)8-7-18-13-22(29-15-21(18)14-28)30-26(36)34-9-5-6-19-12-20(25(37-4)31-24(19)34)16-33-11-10-32(3)17-23(33)35/h12-13,15,38H,5-11,16-17H2,1-4H3,(H,29,30,36). The molecule has 3 amide bonds. The number of nitrogens with zero attached hydrogens (tertiary/aromatic N) is 6. The Bertz CT molecular complexity index is 1250. The number of nitriles is 1. The molecule has 2 aromatic rings. The lowest BCUT2D eigenvalue weighted by Gasteiger charge is -2.33. The van der Waals surface area contributed by atoms with E-state index in [1.54, 1.807) is 18.1 Å². The van der Waals surface area contributed by atoms with Gasteiger partial charge in [0.2, 0.25) is 11.8 Å². The van der Waals surface area contributed by atoms with Crippen molar-refractivity contribution in [3.8, 4) is 11.9 Å². The van der Waals surface area contributed by atoms with Crippen LogP contribution in [0.1, 0.15) is 48.9 Å². The fourth-order valence-electron chi connectivity index (χ4n) is 4.70. The summed E-state index contributed by atoms with van der Waals surface area (Å²) in [4.78, 5) is 40.3. The number of amides is 3. The summed E-state index contributed by atoms with van der Waals surface area (Å²) in [5.41, 5.74) is 3.08. The fourth-order valence-corrected chi connectivity index (χ4v) is 4.82. The number of urea groups is 1. The van der Waals surface area contributed by atoms with E-state index >= 15 is 0 Å². The Morgan fingerprint density at radius 1 is 1.26 bits per heavy atom. The van der Waals surface area contributed by atoms with Crippen LogP contribution in [0.15, 0.2) is 18.3 Å². The van der Waals surface area contributed by atoms with Gasteiger partial charge in [-0.3, -0.25) is 19.9 Å². The summed E-state index contributed by atoms with van der Waals surface area (Å²) in [5, 5.41) is 12.4. The maximum atomic E-state index is 13.3. The van der Waals surface area contributed by atoms with Gasteiger partial charge in [-0.1, -0.05) is 13.8 Å². The molecule has 1 saturated heterocycles. The Morgan fingerprint density at radius 3 is 2.74 bits per heavy atom. The van der Waals surface area contributed by atoms with Crippen LogP contribution in [0.2, 0.25) is 0 Å². The Labute approximate surface area is 229 Å². The first kappa shape index (κ1) is 27.7. The van der Waals surface area contributed by atoms with Crippen molar-refractivity contribution in [3.05, 3.63) is 40.6 Å². The highest BCUT2D eigenvalue weighted by Crippen LogP contribution is 2.32. The lowest BCUT2D eigenvalue weighted by Crippen LogP contribution is -2.48. The van der Waals surface area contributed by atoms with Gasteiger partial charge in [-0.05, 0) is 56.0 Å². The van der Waals surface area contributed by atoms with E-state index in [0.29, 0.717) is 55.7 Å². The number of carbonyl (C=O) groups is 2. The number of carbonyl (C=O) groups excluding carboxylic acids is 2. The number of methoxy groups -OCH3 is 1. The highest BCUT2D eigenvalue weighted by Gasteiger charge is 2.29. The molecule has 0 aliphatic carbocycles. The number of anilines is 2. The van der Waals surface area contributed by atoms with Crippen LogP contribution >= 0.6 is 12.6 Å². The Kier molecular flexibility index (Phi) is 8.43. The van der Waals surface area contributed by atoms with Crippen LogP contribution < -0.4 is 15.0 Å². The van der Waals surface area contributed by atoms with Crippen LogP contribution in [0.25, 0.3) is 0 Å². The summed E-state index contributed by atoms with van der Waals surface area (Å²) >= 11 is 4.58. The number of piperazine rings is 1. The second kappa shape index (κ2) is 11.6. The highest BCUT2D eigenvalue weighted by atomic mass is 32.1. The van der Waals surface area contributed by atoms with Crippen LogP contribution in [0.5, 0.6) is 5.88 Å². The lowest BCUT2D eigenvalue weighted by molar-refractivity contribution is -0.136. The van der Waals surface area contributed by atoms with Crippen LogP contribution in [0, 0.1) is 11.3 Å². The molecular weight excluding hydrogens is 502 g/mol. The molecule has 0 radical (unpaired) electrons. The van der Waals surface area contributed by atoms with E-state index in [9.17, 15) is 14.9 Å². The number of nitrogens with one attached hydrogen (secondary N) is 1. The number of aromatic nitrogens is 2. The number of fused-ring (bicyclic) bond motifs is 1. The molecule has 0 saturated carbocycles. The smallest absolute Gasteiger partial charge is 0.328 e. The highest BCUT2D eigenvalue weighted by molar-refractivity contribution is 7.81. The average molecular weight is 538 g/mol. The van der Waals surface area contributed by atoms with Gasteiger partial charge in [0.1, 0.15) is 17.7 Å². The lowest BCUT2D eigenvalue weighted by atomic mass is 9.99. The molecule has 11 heteroatoms. The Hall–Kier alpha value is -3.36. The van der Waals surface area contributed by atoms with Gasteiger partial charge >= 0.3 is 6.03 Å². The SMILES string of the molecule is COc1nc2c(cc1CN1CCN(C)CC1=O)CCCN2C(=O)Nc1cc(CCC(C)(C)S)c(C#N)cn1. The van der Waals surface area contributed by atoms with E-state index in [-0.39, 0.29) is 16.7 Å². The van der Waals surface area contributed by atoms with Crippen molar-refractivity contribution >= 4 is 36.2 Å². The van der Waals surface area contributed by atoms with Crippen molar-refractivity contribution in [1.29, 1.82) is 5.26 Å². The van der Waals surface area contributed by atoms with Crippen LogP contribution in [-0.2, 0) is 24.2 Å². The maximum Gasteiger partial charge on any atom is 0.328 e. The molecule has 0 aromatic carbocycles. The van der Waals surface area contributed by atoms with Crippen molar-refractivity contribution < 1.29 is 14.3 Å². The molecule has 0 bridgehead atoms. The van der Waals surface area contributed by atoms with Crippen molar-refractivity contribution in [2.24, 2.45) is 0 Å². The van der Waals surface area contributed by atoms with Gasteiger partial charge in [0.05, 0.1) is 25.8 Å². The molecule has 0 unspecified atom stereocenters. The topological polar surface area (TPSA) is 115 Å². The summed E-state index contributed by atoms with van der Waals surface area (Å²) in [5.74, 6) is 1.41. The number of rotatable bonds is 7. The van der Waals surface area contributed by atoms with Gasteiger partial charge in [0, 0.05) is 36.1 Å². The molecule has 4 rings (SSSR count). The van der Waals surface area contributed by atoms with Crippen molar-refractivity contribution in [2.75, 3.05) is 50.6 Å². The largest absolute Gasteiger partial charge is 0.481 e. The molecule has 1 N–H and O–H groups in total. The molecule has 2 aromatic heterocycles. The number of pyridine rings is 2. The number of hydrogen-bond donors (Lipinski definition) is 2. The number of aryl methyl sites for hydroxylation is 2. The first-order valence-electron chi connectivity index (χ1n) is 12.8. The molecule has 4 heterocycles. The quantitative estimate of drug-likeness (QED) is 0.521. The van der Waals surface area contributed by atoms with Gasteiger partial charge in [0.15, 0.2) is 0 Å². The van der Waals surface area contributed by atoms with Crippen molar-refractivity contribution in [1.82, 2.24) is 19.8 Å². The summed E-state index contributed by atoms with van der Waals surface area (Å²) < 4.78 is 5.40. The monoisotopic (exact) mass is 537 g/mol. The third kappa shape index (κ3) is 6.55. The Balaban J connectivity index is 1.53. The van der Waals surface area contributed by atoms with Gasteiger partial charge in [-0.2, -0.15) is 22.9 Å². The summed E-state index contributed by atoms with van der Waals surface area (Å²) in [7, 11) is 3.48. The first-order chi connectivity index (χ1) is 18.1. The zero-order valence-electron chi connectivity index (χ0n) is 22.5. The van der Waals surface area contributed by atoms with Crippen molar-refractivity contribution in [3.63, 3.8) is 0 Å². The average Bonchev–Trinajstić information content (AvgIpc) is 2.87. The van der Waals surface area contributed by atoms with Crippen LogP contribution in [0.4, 0.5) is 16.4 Å². The molecule has 2 aliphatic heterocycles. The predicted octanol–water partition coefficient (Wildman–Crippen LogP) is 3.26. The zero-order valence-corrected chi connectivity index (χ0v) is 23.3. The first-order valence-corrected chi connectivity index (χ1v) is 13.3. The van der Waals surface area contributed by atoms with Crippen LogP contribution in [-0.4, -0.2) is 76.8 Å². The Morgan fingerprint density at radius 2 is 2.05 bits per heavy atom. The molecule has 0 atom stereocenters. The van der Waals surface area contributed by atoms with Crippen LogP contribution in [0.3, 0.4) is 0 Å². The van der Waals surface area contributed by atoms with E-state index in [1.807, 2.05) is 36.8 Å². The number of ether oxygens (including phenoxy) is 1. The predicted molar refractivity (Wildman–Crippen MR) is 149 cm³/mol. The van der Waals surface area contributed by atoms with E-state index in [1.165, 1.54) is 6.20 Å². The van der Waals surface area contributed by atoms with E-state index in [0.717, 1.165) is 42.5 Å². The minimum absolute atomic E-state index is 0.0757. The summed E-state index contributed by atoms with van der Waals surface area (Å²) in [6.07, 6.45) is 4.47. The van der Waals surface area contributed by atoms with E-state index in [4.69, 9.17) is 9.72 Å². The second-order valence-electron chi connectivity index (χ2n) is 10.5. The number of likely N-dealkylation sites (N-methyl/N-ethyl adjacent to an activating group) is 1. The minimum Gasteiger partial charge on any atom is -0.481 e. The zero-order chi connectivity index (χ0) is 27.4. The van der Waals surface area contributed by atoms with Gasteiger partial charge in [-0.15, -0.1) is 0 Å². The molecular formula is C27H35N7O3S. The molecule has 10 nitrogen and oxygen atoms in total. The van der Waals surface area contributed by atoms with E-state index in [2.05, 4.69) is 29.0 Å². The number of thiol groups is 1. The van der Waals surface area contributed by atoms with E-state index < -0.39 is 0 Å². The fraction of sp³-hybridized carbons (Fsp3) is 0.519. The minimum atomic E-state index is -0.347. The molecule has 38 heavy (non-hydrogen) atoms. The molecule has 0 spiro atoms. The third-order valence-electron chi connectivity index (χ3n) is 6.86. The molecule has 1 fully saturated rings. The normalized spacial score (nSPS) is 16.2. The molecule has 202 valence electrons. The third-order valence-corrected chi connectivity index (χ3v) is 7.09.